The fraction of sp³-hybridized carbons (Fsp3) is 0.421. The molecule has 3 aliphatic rings. The molecule has 1 saturated heterocycles. The Morgan fingerprint density at radius 1 is 1.32 bits per heavy atom. The molecule has 9 heteroatoms. The lowest BCUT2D eigenvalue weighted by Crippen LogP contribution is -2.26. The van der Waals surface area contributed by atoms with E-state index in [2.05, 4.69) is 10.00 Å². The fourth-order valence-corrected chi connectivity index (χ4v) is 4.17. The van der Waals surface area contributed by atoms with Gasteiger partial charge in [-0.15, -0.1) is 5.10 Å². The summed E-state index contributed by atoms with van der Waals surface area (Å²) in [7, 11) is 1.30. The Hall–Kier alpha value is -2.94. The SMILES string of the molecule is COc1c(F)cc2c3c(CCN4CCC5CC54)nn2OC(=O)/C=C/C(=O)Oc13. The van der Waals surface area contributed by atoms with Crippen molar-refractivity contribution < 1.29 is 28.3 Å². The van der Waals surface area contributed by atoms with Crippen molar-refractivity contribution in [3.8, 4) is 11.5 Å². The molecule has 2 fully saturated rings. The average molecular weight is 387 g/mol. The van der Waals surface area contributed by atoms with Crippen LogP contribution in [0.1, 0.15) is 18.5 Å². The molecular weight excluding hydrogens is 369 g/mol. The number of rotatable bonds is 4. The van der Waals surface area contributed by atoms with E-state index in [-0.39, 0.29) is 17.0 Å². The molecule has 1 saturated carbocycles. The molecule has 8 nitrogen and oxygen atoms in total. The van der Waals surface area contributed by atoms with Gasteiger partial charge in [0.15, 0.2) is 17.3 Å². The number of aromatic nitrogens is 2. The Labute approximate surface area is 159 Å². The van der Waals surface area contributed by atoms with Crippen molar-refractivity contribution in [3.63, 3.8) is 0 Å². The van der Waals surface area contributed by atoms with Crippen LogP contribution in [0.2, 0.25) is 0 Å². The number of nitrogens with zero attached hydrogens (tertiary/aromatic N) is 3. The van der Waals surface area contributed by atoms with Crippen molar-refractivity contribution in [2.45, 2.75) is 25.3 Å². The highest BCUT2D eigenvalue weighted by Crippen LogP contribution is 2.45. The Bertz CT molecular complexity index is 1030. The van der Waals surface area contributed by atoms with Crippen molar-refractivity contribution >= 4 is 22.8 Å². The highest BCUT2D eigenvalue weighted by Gasteiger charge is 2.46. The van der Waals surface area contributed by atoms with Crippen LogP contribution < -0.4 is 14.3 Å². The Morgan fingerprint density at radius 3 is 2.86 bits per heavy atom. The third-order valence-corrected chi connectivity index (χ3v) is 5.59. The van der Waals surface area contributed by atoms with E-state index in [9.17, 15) is 14.0 Å². The summed E-state index contributed by atoms with van der Waals surface area (Å²) in [5.41, 5.74) is 0.750. The zero-order valence-electron chi connectivity index (χ0n) is 15.2. The number of likely N-dealkylation sites (tertiary alicyclic amines) is 1. The fourth-order valence-electron chi connectivity index (χ4n) is 4.17. The minimum Gasteiger partial charge on any atom is -0.490 e. The first kappa shape index (κ1) is 17.2. The molecule has 1 aromatic heterocycles. The molecule has 2 unspecified atom stereocenters. The van der Waals surface area contributed by atoms with Crippen molar-refractivity contribution in [2.75, 3.05) is 20.2 Å². The van der Waals surface area contributed by atoms with Crippen LogP contribution in [0.4, 0.5) is 4.39 Å². The van der Waals surface area contributed by atoms with Crippen LogP contribution in [0.25, 0.3) is 10.9 Å². The van der Waals surface area contributed by atoms with Crippen molar-refractivity contribution in [2.24, 2.45) is 5.92 Å². The second-order valence-electron chi connectivity index (χ2n) is 7.24. The molecule has 28 heavy (non-hydrogen) atoms. The third kappa shape index (κ3) is 2.73. The molecule has 1 aromatic carbocycles. The Balaban J connectivity index is 1.62. The zero-order valence-corrected chi connectivity index (χ0v) is 15.2. The first-order valence-corrected chi connectivity index (χ1v) is 9.19. The highest BCUT2D eigenvalue weighted by molar-refractivity contribution is 5.98. The standard InChI is InChI=1S/C19H18FN3O5/c1-26-18-11(20)9-14-17-12(5-7-22-6-4-10-8-13(10)22)21-23(14)28-16(25)3-2-15(24)27-19(17)18/h2-3,9-10,13H,4-8H2,1H3/b3-2+. The number of hydrogen-bond donors (Lipinski definition) is 0. The number of esters is 1. The minimum absolute atomic E-state index is 0.0583. The smallest absolute Gasteiger partial charge is 0.358 e. The Kier molecular flexibility index (Phi) is 3.87. The third-order valence-electron chi connectivity index (χ3n) is 5.59. The first-order valence-electron chi connectivity index (χ1n) is 9.19. The number of carbonyl (C=O) groups is 2. The van der Waals surface area contributed by atoms with Gasteiger partial charge in [-0.3, -0.25) is 4.90 Å². The number of halogens is 1. The number of ether oxygens (including phenoxy) is 2. The monoisotopic (exact) mass is 387 g/mol. The van der Waals surface area contributed by atoms with Crippen LogP contribution in [0.3, 0.4) is 0 Å². The lowest BCUT2D eigenvalue weighted by molar-refractivity contribution is -0.140. The molecule has 0 radical (unpaired) electrons. The summed E-state index contributed by atoms with van der Waals surface area (Å²) >= 11 is 0. The number of fused-ring (bicyclic) bond motifs is 1. The lowest BCUT2D eigenvalue weighted by atomic mass is 10.1. The maximum atomic E-state index is 14.5. The van der Waals surface area contributed by atoms with Gasteiger partial charge in [0, 0.05) is 37.2 Å². The number of piperidine rings is 1. The van der Waals surface area contributed by atoms with Gasteiger partial charge in [-0.2, -0.15) is 0 Å². The number of carbonyl (C=O) groups excluding carboxylic acids is 2. The maximum Gasteiger partial charge on any atom is 0.358 e. The number of hydrogen-bond acceptors (Lipinski definition) is 7. The molecule has 2 aromatic rings. The van der Waals surface area contributed by atoms with Crippen LogP contribution in [0.5, 0.6) is 11.5 Å². The second-order valence-corrected chi connectivity index (χ2v) is 7.24. The summed E-state index contributed by atoms with van der Waals surface area (Å²) in [4.78, 5) is 32.5. The lowest BCUT2D eigenvalue weighted by Gasteiger charge is -2.16. The van der Waals surface area contributed by atoms with Gasteiger partial charge in [0.1, 0.15) is 5.52 Å². The van der Waals surface area contributed by atoms with Gasteiger partial charge >= 0.3 is 11.9 Å². The summed E-state index contributed by atoms with van der Waals surface area (Å²) in [6.07, 6.45) is 4.84. The van der Waals surface area contributed by atoms with E-state index in [1.807, 2.05) is 0 Å². The molecule has 0 amide bonds. The summed E-state index contributed by atoms with van der Waals surface area (Å²) in [5, 5.41) is 4.76. The van der Waals surface area contributed by atoms with E-state index in [1.165, 1.54) is 20.0 Å². The normalized spacial score (nSPS) is 24.8. The van der Waals surface area contributed by atoms with Gasteiger partial charge in [-0.25, -0.2) is 14.0 Å². The predicted molar refractivity (Wildman–Crippen MR) is 94.4 cm³/mol. The van der Waals surface area contributed by atoms with Crippen LogP contribution >= 0.6 is 0 Å². The molecule has 5 rings (SSSR count). The van der Waals surface area contributed by atoms with E-state index in [0.29, 0.717) is 23.5 Å². The van der Waals surface area contributed by atoms with Crippen molar-refractivity contribution in [1.82, 2.24) is 14.8 Å². The number of benzene rings is 1. The van der Waals surface area contributed by atoms with E-state index in [0.717, 1.165) is 42.1 Å². The van der Waals surface area contributed by atoms with Gasteiger partial charge in [-0.1, -0.05) is 4.85 Å². The molecule has 1 aliphatic carbocycles. The summed E-state index contributed by atoms with van der Waals surface area (Å²) in [6, 6.07) is 1.80. The molecule has 146 valence electrons. The van der Waals surface area contributed by atoms with E-state index < -0.39 is 17.8 Å². The summed E-state index contributed by atoms with van der Waals surface area (Å²) in [5.74, 6) is -1.83. The van der Waals surface area contributed by atoms with Crippen LogP contribution in [-0.2, 0) is 16.0 Å². The molecule has 0 spiro atoms. The molecule has 0 N–H and O–H groups in total. The Morgan fingerprint density at radius 2 is 2.14 bits per heavy atom. The van der Waals surface area contributed by atoms with Gasteiger partial charge < -0.3 is 14.3 Å². The zero-order chi connectivity index (χ0) is 19.4. The minimum atomic E-state index is -0.830. The van der Waals surface area contributed by atoms with Crippen LogP contribution in [0, 0.1) is 11.7 Å². The van der Waals surface area contributed by atoms with Gasteiger partial charge in [0.2, 0.25) is 0 Å². The summed E-state index contributed by atoms with van der Waals surface area (Å²) in [6.45, 7) is 1.82. The van der Waals surface area contributed by atoms with Crippen molar-refractivity contribution in [3.05, 3.63) is 29.7 Å². The molecule has 2 aliphatic heterocycles. The molecular formula is C19H18FN3O5. The number of methoxy groups -OCH3 is 1. The maximum absolute atomic E-state index is 14.5. The van der Waals surface area contributed by atoms with E-state index in [4.69, 9.17) is 14.3 Å². The first-order chi connectivity index (χ1) is 13.5. The molecule has 4 bridgehead atoms. The average Bonchev–Trinajstić information content (AvgIpc) is 3.22. The summed E-state index contributed by atoms with van der Waals surface area (Å²) < 4.78 is 25.0. The van der Waals surface area contributed by atoms with Crippen molar-refractivity contribution in [1.29, 1.82) is 0 Å². The molecule has 2 atom stereocenters. The van der Waals surface area contributed by atoms with E-state index in [1.54, 1.807) is 0 Å². The largest absolute Gasteiger partial charge is 0.490 e. The topological polar surface area (TPSA) is 82.9 Å². The molecule has 3 heterocycles. The quantitative estimate of drug-likeness (QED) is 0.577. The van der Waals surface area contributed by atoms with Crippen LogP contribution in [-0.4, -0.2) is 53.0 Å². The predicted octanol–water partition coefficient (Wildman–Crippen LogP) is 1.25. The van der Waals surface area contributed by atoms with Crippen LogP contribution in [0.15, 0.2) is 18.2 Å². The van der Waals surface area contributed by atoms with Gasteiger partial charge in [0.25, 0.3) is 0 Å². The highest BCUT2D eigenvalue weighted by atomic mass is 19.1. The van der Waals surface area contributed by atoms with Gasteiger partial charge in [0.05, 0.1) is 18.2 Å². The van der Waals surface area contributed by atoms with E-state index >= 15 is 0 Å². The van der Waals surface area contributed by atoms with Gasteiger partial charge in [-0.05, 0) is 25.3 Å². The second kappa shape index (κ2) is 6.30.